The number of benzene rings is 2. The number of rotatable bonds is 6. The largest absolute Gasteiger partial charge is 0.495 e. The molecule has 0 aliphatic carbocycles. The van der Waals surface area contributed by atoms with Crippen LogP contribution in [0.15, 0.2) is 65.7 Å². The lowest BCUT2D eigenvalue weighted by Crippen LogP contribution is -2.19. The van der Waals surface area contributed by atoms with E-state index < -0.39 is 21.5 Å². The normalized spacial score (nSPS) is 12.5. The van der Waals surface area contributed by atoms with E-state index in [0.717, 1.165) is 0 Å². The molecule has 0 spiro atoms. The van der Waals surface area contributed by atoms with Crippen molar-refractivity contribution < 1.29 is 18.5 Å². The molecule has 2 aromatic carbocycles. The number of carbonyl (C=O) groups is 2. The van der Waals surface area contributed by atoms with Crippen LogP contribution in [-0.2, 0) is 9.73 Å². The van der Waals surface area contributed by atoms with Gasteiger partial charge in [-0.05, 0) is 48.5 Å². The molecular weight excluding hydrogens is 440 g/mol. The molecule has 3 N–H and O–H groups in total. The number of carbonyl (C=O) groups excluding carboxylic acids is 2. The summed E-state index contributed by atoms with van der Waals surface area (Å²) in [5.41, 5.74) is 0.623. The van der Waals surface area contributed by atoms with Gasteiger partial charge < -0.3 is 15.4 Å². The van der Waals surface area contributed by atoms with Crippen LogP contribution in [0.3, 0.4) is 0 Å². The standard InChI is InChI=1S/C21H19ClN4O4S/c1-30-17-5-3-4-16(21(28)25-18-11-8-14(22)12-24-18)19(17)26-20(27)13-6-9-15(10-7-13)31(2,23)29/h3-12,23H,1-2H3,(H,26,27)(H,24,25,28). The molecule has 0 aliphatic rings. The topological polar surface area (TPSA) is 121 Å². The van der Waals surface area contributed by atoms with Crippen molar-refractivity contribution in [3.05, 3.63) is 76.9 Å². The fourth-order valence-electron chi connectivity index (χ4n) is 2.70. The molecule has 8 nitrogen and oxygen atoms in total. The van der Waals surface area contributed by atoms with E-state index in [1.54, 1.807) is 30.3 Å². The molecule has 2 amide bonds. The number of hydrogen-bond acceptors (Lipinski definition) is 6. The molecule has 0 bridgehead atoms. The SMILES string of the molecule is COc1cccc(C(=O)Nc2ccc(Cl)cn2)c1NC(=O)c1ccc(S(C)(=N)=O)cc1. The molecule has 31 heavy (non-hydrogen) atoms. The third-order valence-electron chi connectivity index (χ3n) is 4.26. The van der Waals surface area contributed by atoms with Crippen molar-refractivity contribution in [2.75, 3.05) is 24.0 Å². The van der Waals surface area contributed by atoms with Crippen LogP contribution in [0.1, 0.15) is 20.7 Å². The van der Waals surface area contributed by atoms with Crippen LogP contribution in [0.5, 0.6) is 5.75 Å². The molecule has 0 aliphatic heterocycles. The Bertz CT molecular complexity index is 1230. The number of ether oxygens (including phenoxy) is 1. The van der Waals surface area contributed by atoms with Crippen LogP contribution in [-0.4, -0.2) is 34.4 Å². The maximum absolute atomic E-state index is 12.8. The molecule has 1 atom stereocenters. The van der Waals surface area contributed by atoms with Gasteiger partial charge in [0.25, 0.3) is 11.8 Å². The molecule has 0 fully saturated rings. The van der Waals surface area contributed by atoms with Crippen molar-refractivity contribution in [3.63, 3.8) is 0 Å². The molecule has 0 saturated heterocycles. The molecular formula is C21H19ClN4O4S. The fourth-order valence-corrected chi connectivity index (χ4v) is 3.47. The number of nitrogens with zero attached hydrogens (tertiary/aromatic N) is 1. The molecule has 3 rings (SSSR count). The van der Waals surface area contributed by atoms with Gasteiger partial charge in [0.15, 0.2) is 0 Å². The van der Waals surface area contributed by atoms with Crippen LogP contribution in [0.2, 0.25) is 5.02 Å². The van der Waals surface area contributed by atoms with Gasteiger partial charge in [0.05, 0.1) is 33.1 Å². The minimum absolute atomic E-state index is 0.170. The maximum atomic E-state index is 12.8. The Labute approximate surface area is 184 Å². The summed E-state index contributed by atoms with van der Waals surface area (Å²) in [4.78, 5) is 29.9. The number of aromatic nitrogens is 1. The van der Waals surface area contributed by atoms with Crippen molar-refractivity contribution in [3.8, 4) is 5.75 Å². The van der Waals surface area contributed by atoms with Crippen LogP contribution < -0.4 is 15.4 Å². The Morgan fingerprint density at radius 3 is 2.32 bits per heavy atom. The highest BCUT2D eigenvalue weighted by atomic mass is 35.5. The smallest absolute Gasteiger partial charge is 0.259 e. The second-order valence-corrected chi connectivity index (χ2v) is 9.12. The Balaban J connectivity index is 1.88. The average Bonchev–Trinajstić information content (AvgIpc) is 2.75. The third kappa shape index (κ3) is 5.39. The predicted molar refractivity (Wildman–Crippen MR) is 120 cm³/mol. The van der Waals surface area contributed by atoms with Gasteiger partial charge in [0, 0.05) is 22.9 Å². The molecule has 0 radical (unpaired) electrons. The maximum Gasteiger partial charge on any atom is 0.259 e. The van der Waals surface area contributed by atoms with Gasteiger partial charge in [-0.1, -0.05) is 17.7 Å². The first-order chi connectivity index (χ1) is 14.7. The molecule has 0 saturated carbocycles. The second kappa shape index (κ2) is 9.15. The fraction of sp³-hybridized carbons (Fsp3) is 0.0952. The summed E-state index contributed by atoms with van der Waals surface area (Å²) >= 11 is 5.81. The lowest BCUT2D eigenvalue weighted by molar-refractivity contribution is 0.102. The number of anilines is 2. The number of nitrogens with one attached hydrogen (secondary N) is 3. The monoisotopic (exact) mass is 458 g/mol. The summed E-state index contributed by atoms with van der Waals surface area (Å²) in [6.07, 6.45) is 2.71. The first kappa shape index (κ1) is 22.3. The van der Waals surface area contributed by atoms with Crippen LogP contribution >= 0.6 is 11.6 Å². The van der Waals surface area contributed by atoms with E-state index in [0.29, 0.717) is 21.5 Å². The van der Waals surface area contributed by atoms with Crippen molar-refractivity contribution in [2.24, 2.45) is 0 Å². The zero-order chi connectivity index (χ0) is 22.6. The molecule has 10 heteroatoms. The lowest BCUT2D eigenvalue weighted by Gasteiger charge is -2.15. The molecule has 160 valence electrons. The Morgan fingerprint density at radius 1 is 1.03 bits per heavy atom. The van der Waals surface area contributed by atoms with E-state index in [4.69, 9.17) is 21.1 Å². The van der Waals surface area contributed by atoms with E-state index in [-0.39, 0.29) is 16.8 Å². The minimum atomic E-state index is -2.88. The van der Waals surface area contributed by atoms with E-state index in [9.17, 15) is 13.8 Å². The van der Waals surface area contributed by atoms with Crippen molar-refractivity contribution >= 4 is 44.6 Å². The third-order valence-corrected chi connectivity index (χ3v) is 5.66. The van der Waals surface area contributed by atoms with Crippen molar-refractivity contribution in [1.82, 2.24) is 4.98 Å². The Kier molecular flexibility index (Phi) is 6.57. The quantitative estimate of drug-likeness (QED) is 0.509. The lowest BCUT2D eigenvalue weighted by atomic mass is 10.1. The number of para-hydroxylation sites is 1. The second-order valence-electron chi connectivity index (χ2n) is 6.52. The van der Waals surface area contributed by atoms with Gasteiger partial charge in [-0.25, -0.2) is 14.0 Å². The van der Waals surface area contributed by atoms with E-state index in [2.05, 4.69) is 15.6 Å². The minimum Gasteiger partial charge on any atom is -0.495 e. The number of amides is 2. The van der Waals surface area contributed by atoms with Gasteiger partial charge in [-0.2, -0.15) is 0 Å². The van der Waals surface area contributed by atoms with Crippen LogP contribution in [0.25, 0.3) is 0 Å². The number of methoxy groups -OCH3 is 1. The highest BCUT2D eigenvalue weighted by Gasteiger charge is 2.19. The zero-order valence-corrected chi connectivity index (χ0v) is 18.2. The summed E-state index contributed by atoms with van der Waals surface area (Å²) in [5, 5.41) is 5.77. The summed E-state index contributed by atoms with van der Waals surface area (Å²) in [7, 11) is -1.46. The predicted octanol–water partition coefficient (Wildman–Crippen LogP) is 4.28. The van der Waals surface area contributed by atoms with Crippen molar-refractivity contribution in [1.29, 1.82) is 4.78 Å². The summed E-state index contributed by atoms with van der Waals surface area (Å²) in [6, 6.07) is 13.8. The van der Waals surface area contributed by atoms with E-state index >= 15 is 0 Å². The van der Waals surface area contributed by atoms with Gasteiger partial charge in [-0.15, -0.1) is 0 Å². The number of halogens is 1. The van der Waals surface area contributed by atoms with Gasteiger partial charge in [0.2, 0.25) is 0 Å². The Morgan fingerprint density at radius 2 is 1.74 bits per heavy atom. The van der Waals surface area contributed by atoms with Crippen LogP contribution in [0.4, 0.5) is 11.5 Å². The van der Waals surface area contributed by atoms with Gasteiger partial charge >= 0.3 is 0 Å². The highest BCUT2D eigenvalue weighted by Crippen LogP contribution is 2.29. The van der Waals surface area contributed by atoms with Crippen LogP contribution in [0, 0.1) is 4.78 Å². The molecule has 1 aromatic heterocycles. The van der Waals surface area contributed by atoms with E-state index in [1.165, 1.54) is 43.8 Å². The van der Waals surface area contributed by atoms with Gasteiger partial charge in [-0.3, -0.25) is 9.59 Å². The zero-order valence-electron chi connectivity index (χ0n) is 16.6. The summed E-state index contributed by atoms with van der Waals surface area (Å²) in [5.74, 6) is -0.408. The number of hydrogen-bond donors (Lipinski definition) is 3. The highest BCUT2D eigenvalue weighted by molar-refractivity contribution is 7.91. The molecule has 3 aromatic rings. The first-order valence-electron chi connectivity index (χ1n) is 8.94. The number of pyridine rings is 1. The van der Waals surface area contributed by atoms with Gasteiger partial charge in [0.1, 0.15) is 11.6 Å². The summed E-state index contributed by atoms with van der Waals surface area (Å²) in [6.45, 7) is 0. The van der Waals surface area contributed by atoms with Crippen molar-refractivity contribution in [2.45, 2.75) is 4.90 Å². The first-order valence-corrected chi connectivity index (χ1v) is 11.3. The van der Waals surface area contributed by atoms with E-state index in [1.807, 2.05) is 0 Å². The average molecular weight is 459 g/mol. The molecule has 1 unspecified atom stereocenters. The Hall–Kier alpha value is -3.43. The molecule has 1 heterocycles. The summed E-state index contributed by atoms with van der Waals surface area (Å²) < 4.78 is 24.8.